The summed E-state index contributed by atoms with van der Waals surface area (Å²) in [6, 6.07) is 2.68. The Morgan fingerprint density at radius 2 is 1.74 bits per heavy atom. The summed E-state index contributed by atoms with van der Waals surface area (Å²) >= 11 is 0. The van der Waals surface area contributed by atoms with Crippen molar-refractivity contribution in [3.8, 4) is 11.3 Å². The number of H-pyrrole nitrogens is 1. The van der Waals surface area contributed by atoms with Gasteiger partial charge in [0.25, 0.3) is 0 Å². The van der Waals surface area contributed by atoms with Crippen LogP contribution in [0.3, 0.4) is 0 Å². The standard InChI is InChI=1S/C28H38N8O2S/c1-18(2)24-25-20(4)28(34-8-6-22(7-9-34)33-10-12-35(13-11-33)39(5,37)38)29-15-23(25)32-26(24)21-14-19(3)27-30-17-31-36(27)16-21/h14-18,22,32H,6-13H2,1-5H3. The van der Waals surface area contributed by atoms with Gasteiger partial charge in [0.1, 0.15) is 12.1 Å². The van der Waals surface area contributed by atoms with Crippen molar-refractivity contribution in [2.45, 2.75) is 52.5 Å². The van der Waals surface area contributed by atoms with Gasteiger partial charge in [0.15, 0.2) is 5.65 Å². The molecule has 4 aromatic rings. The number of sulfonamides is 1. The van der Waals surface area contributed by atoms with Gasteiger partial charge < -0.3 is 9.88 Å². The van der Waals surface area contributed by atoms with Crippen molar-refractivity contribution >= 4 is 32.4 Å². The largest absolute Gasteiger partial charge is 0.356 e. The number of fused-ring (bicyclic) bond motifs is 2. The van der Waals surface area contributed by atoms with Gasteiger partial charge in [0.2, 0.25) is 10.0 Å². The van der Waals surface area contributed by atoms with Gasteiger partial charge in [-0.3, -0.25) is 4.90 Å². The molecule has 208 valence electrons. The van der Waals surface area contributed by atoms with E-state index in [1.165, 1.54) is 22.8 Å². The van der Waals surface area contributed by atoms with Crippen molar-refractivity contribution < 1.29 is 8.42 Å². The molecule has 0 aromatic carbocycles. The van der Waals surface area contributed by atoms with Gasteiger partial charge >= 0.3 is 0 Å². The highest BCUT2D eigenvalue weighted by Crippen LogP contribution is 2.40. The summed E-state index contributed by atoms with van der Waals surface area (Å²) in [5, 5.41) is 5.65. The number of aromatic nitrogens is 5. The van der Waals surface area contributed by atoms with Crippen molar-refractivity contribution in [1.29, 1.82) is 0 Å². The number of hydrogen-bond donors (Lipinski definition) is 1. The fraction of sp³-hybridized carbons (Fsp3) is 0.536. The summed E-state index contributed by atoms with van der Waals surface area (Å²) in [6.07, 6.45) is 9.07. The van der Waals surface area contributed by atoms with Crippen LogP contribution in [0.5, 0.6) is 0 Å². The number of rotatable bonds is 5. The van der Waals surface area contributed by atoms with Crippen LogP contribution in [-0.2, 0) is 10.0 Å². The molecule has 0 bridgehead atoms. The number of anilines is 1. The first kappa shape index (κ1) is 26.2. The second kappa shape index (κ2) is 9.87. The lowest BCUT2D eigenvalue weighted by atomic mass is 9.94. The zero-order valence-electron chi connectivity index (χ0n) is 23.5. The number of piperazine rings is 1. The van der Waals surface area contributed by atoms with E-state index in [9.17, 15) is 8.42 Å². The second-order valence-corrected chi connectivity index (χ2v) is 13.4. The average Bonchev–Trinajstić information content (AvgIpc) is 3.54. The third-order valence-electron chi connectivity index (χ3n) is 8.54. The van der Waals surface area contributed by atoms with Crippen LogP contribution >= 0.6 is 0 Å². The molecule has 2 aliphatic rings. The normalized spacial score (nSPS) is 18.7. The Balaban J connectivity index is 1.26. The molecule has 0 amide bonds. The van der Waals surface area contributed by atoms with E-state index in [0.717, 1.165) is 72.8 Å². The Labute approximate surface area is 230 Å². The summed E-state index contributed by atoms with van der Waals surface area (Å²) in [5.41, 5.74) is 7.78. The van der Waals surface area contributed by atoms with Crippen LogP contribution in [0.25, 0.3) is 27.8 Å². The van der Waals surface area contributed by atoms with Crippen LogP contribution < -0.4 is 4.90 Å². The van der Waals surface area contributed by atoms with E-state index in [1.54, 1.807) is 10.6 Å². The minimum absolute atomic E-state index is 0.325. The number of aryl methyl sites for hydroxylation is 2. The van der Waals surface area contributed by atoms with Crippen LogP contribution in [0.1, 0.15) is 49.3 Å². The maximum atomic E-state index is 11.9. The number of aromatic amines is 1. The lowest BCUT2D eigenvalue weighted by molar-refractivity contribution is 0.120. The van der Waals surface area contributed by atoms with Gasteiger partial charge in [0.05, 0.1) is 23.7 Å². The third kappa shape index (κ3) is 4.70. The molecule has 0 aliphatic carbocycles. The maximum Gasteiger partial charge on any atom is 0.211 e. The fourth-order valence-electron chi connectivity index (χ4n) is 6.57. The Morgan fingerprint density at radius 3 is 2.41 bits per heavy atom. The van der Waals surface area contributed by atoms with Crippen LogP contribution in [-0.4, -0.2) is 93.8 Å². The molecule has 6 rings (SSSR count). The van der Waals surface area contributed by atoms with E-state index in [0.29, 0.717) is 25.0 Å². The molecule has 0 unspecified atom stereocenters. The van der Waals surface area contributed by atoms with Crippen molar-refractivity contribution in [3.63, 3.8) is 0 Å². The molecule has 2 aliphatic heterocycles. The molecule has 2 saturated heterocycles. The first-order chi connectivity index (χ1) is 18.6. The number of hydrogen-bond acceptors (Lipinski definition) is 7. The number of nitrogens with one attached hydrogen (secondary N) is 1. The van der Waals surface area contributed by atoms with E-state index in [1.807, 2.05) is 10.7 Å². The molecule has 0 radical (unpaired) electrons. The summed E-state index contributed by atoms with van der Waals surface area (Å²) in [7, 11) is -3.10. The summed E-state index contributed by atoms with van der Waals surface area (Å²) < 4.78 is 27.2. The predicted molar refractivity (Wildman–Crippen MR) is 155 cm³/mol. The highest BCUT2D eigenvalue weighted by atomic mass is 32.2. The molecule has 0 saturated carbocycles. The third-order valence-corrected chi connectivity index (χ3v) is 9.85. The Bertz CT molecular complexity index is 1620. The number of piperidine rings is 1. The van der Waals surface area contributed by atoms with Crippen molar-refractivity contribution in [1.82, 2.24) is 33.8 Å². The predicted octanol–water partition coefficient (Wildman–Crippen LogP) is 3.56. The summed E-state index contributed by atoms with van der Waals surface area (Å²) in [5.74, 6) is 1.39. The summed E-state index contributed by atoms with van der Waals surface area (Å²) in [4.78, 5) is 17.9. The van der Waals surface area contributed by atoms with Gasteiger partial charge in [-0.1, -0.05) is 13.8 Å². The number of nitrogens with zero attached hydrogens (tertiary/aromatic N) is 7. The van der Waals surface area contributed by atoms with Gasteiger partial charge in [0, 0.05) is 68.0 Å². The molecule has 0 spiro atoms. The van der Waals surface area contributed by atoms with Crippen LogP contribution in [0.4, 0.5) is 5.82 Å². The van der Waals surface area contributed by atoms with Gasteiger partial charge in [-0.15, -0.1) is 0 Å². The molecule has 10 nitrogen and oxygen atoms in total. The van der Waals surface area contributed by atoms with Crippen molar-refractivity contribution in [2.75, 3.05) is 50.4 Å². The number of pyridine rings is 2. The maximum absolute atomic E-state index is 11.9. The van der Waals surface area contributed by atoms with E-state index in [2.05, 4.69) is 64.8 Å². The van der Waals surface area contributed by atoms with E-state index < -0.39 is 10.0 Å². The average molecular weight is 551 g/mol. The summed E-state index contributed by atoms with van der Waals surface area (Å²) in [6.45, 7) is 13.5. The minimum Gasteiger partial charge on any atom is -0.356 e. The van der Waals surface area contributed by atoms with Crippen molar-refractivity contribution in [2.24, 2.45) is 0 Å². The second-order valence-electron chi connectivity index (χ2n) is 11.4. The SMILES string of the molecule is Cc1c(N2CCC(N3CCN(S(C)(=O)=O)CC3)CC2)ncc2[nH]c(-c3cc(C)c4ncnn4c3)c(C(C)C)c12. The zero-order valence-corrected chi connectivity index (χ0v) is 24.3. The Kier molecular flexibility index (Phi) is 6.63. The first-order valence-corrected chi connectivity index (χ1v) is 15.7. The molecule has 1 N–H and O–H groups in total. The smallest absolute Gasteiger partial charge is 0.211 e. The molecule has 11 heteroatoms. The van der Waals surface area contributed by atoms with E-state index >= 15 is 0 Å². The Hall–Kier alpha value is -3.02. The van der Waals surface area contributed by atoms with Crippen LogP contribution in [0.2, 0.25) is 0 Å². The molecular weight excluding hydrogens is 512 g/mol. The van der Waals surface area contributed by atoms with E-state index in [-0.39, 0.29) is 0 Å². The van der Waals surface area contributed by atoms with Crippen LogP contribution in [0, 0.1) is 13.8 Å². The van der Waals surface area contributed by atoms with Crippen molar-refractivity contribution in [3.05, 3.63) is 41.5 Å². The molecular formula is C28H38N8O2S. The van der Waals surface area contributed by atoms with E-state index in [4.69, 9.17) is 4.98 Å². The topological polar surface area (TPSA) is 103 Å². The minimum atomic E-state index is -3.10. The highest BCUT2D eigenvalue weighted by Gasteiger charge is 2.31. The molecule has 0 atom stereocenters. The quantitative estimate of drug-likeness (QED) is 0.405. The lowest BCUT2D eigenvalue weighted by Gasteiger charge is -2.42. The highest BCUT2D eigenvalue weighted by molar-refractivity contribution is 7.88. The molecule has 2 fully saturated rings. The zero-order chi connectivity index (χ0) is 27.5. The Morgan fingerprint density at radius 1 is 1.03 bits per heavy atom. The molecule has 6 heterocycles. The molecule has 4 aromatic heterocycles. The lowest BCUT2D eigenvalue weighted by Crippen LogP contribution is -2.54. The monoisotopic (exact) mass is 550 g/mol. The molecule has 39 heavy (non-hydrogen) atoms. The first-order valence-electron chi connectivity index (χ1n) is 13.9. The van der Waals surface area contributed by atoms with Gasteiger partial charge in [-0.2, -0.15) is 9.40 Å². The van der Waals surface area contributed by atoms with Crippen LogP contribution in [0.15, 0.2) is 24.8 Å². The fourth-order valence-corrected chi connectivity index (χ4v) is 7.39. The van der Waals surface area contributed by atoms with Gasteiger partial charge in [-0.05, 0) is 49.8 Å². The van der Waals surface area contributed by atoms with Gasteiger partial charge in [-0.25, -0.2) is 22.9 Å².